The molecule has 8 nitrogen and oxygen atoms in total. The largest absolute Gasteiger partial charge is 0.481 e. The van der Waals surface area contributed by atoms with E-state index in [-0.39, 0.29) is 18.5 Å². The SMILES string of the molecule is Cc1nc2ccc(NC(=O)N3CC(C)CC(C(=O)O)C3)cn2n1. The van der Waals surface area contributed by atoms with Crippen molar-refractivity contribution < 1.29 is 14.7 Å². The number of hydrogen-bond donors (Lipinski definition) is 2. The minimum absolute atomic E-state index is 0.163. The molecule has 3 heterocycles. The van der Waals surface area contributed by atoms with Crippen LogP contribution in [0.3, 0.4) is 0 Å². The molecule has 3 rings (SSSR count). The van der Waals surface area contributed by atoms with Crippen LogP contribution in [0.4, 0.5) is 10.5 Å². The number of pyridine rings is 1. The van der Waals surface area contributed by atoms with Crippen LogP contribution < -0.4 is 5.32 Å². The fourth-order valence-electron chi connectivity index (χ4n) is 2.97. The molecule has 1 saturated heterocycles. The summed E-state index contributed by atoms with van der Waals surface area (Å²) in [6.07, 6.45) is 2.29. The van der Waals surface area contributed by atoms with Crippen LogP contribution in [0.5, 0.6) is 0 Å². The number of hydrogen-bond acceptors (Lipinski definition) is 4. The highest BCUT2D eigenvalue weighted by atomic mass is 16.4. The van der Waals surface area contributed by atoms with Gasteiger partial charge in [-0.3, -0.25) is 4.79 Å². The number of rotatable bonds is 2. The first-order valence-corrected chi connectivity index (χ1v) is 7.54. The Labute approximate surface area is 133 Å². The molecule has 1 aliphatic rings. The highest BCUT2D eigenvalue weighted by molar-refractivity contribution is 5.89. The summed E-state index contributed by atoms with van der Waals surface area (Å²) in [5.74, 6) is -0.544. The van der Waals surface area contributed by atoms with Gasteiger partial charge in [-0.25, -0.2) is 14.3 Å². The van der Waals surface area contributed by atoms with Crippen LogP contribution in [-0.2, 0) is 4.79 Å². The van der Waals surface area contributed by atoms with E-state index >= 15 is 0 Å². The maximum Gasteiger partial charge on any atom is 0.321 e. The average Bonchev–Trinajstić information content (AvgIpc) is 2.85. The van der Waals surface area contributed by atoms with E-state index in [1.165, 1.54) is 0 Å². The lowest BCUT2D eigenvalue weighted by Crippen LogP contribution is -2.47. The molecule has 0 aliphatic carbocycles. The number of aromatic nitrogens is 3. The third-order valence-electron chi connectivity index (χ3n) is 3.98. The predicted octanol–water partition coefficient (Wildman–Crippen LogP) is 1.61. The van der Waals surface area contributed by atoms with E-state index in [1.807, 2.05) is 6.92 Å². The third kappa shape index (κ3) is 3.25. The number of anilines is 1. The molecule has 0 aromatic carbocycles. The van der Waals surface area contributed by atoms with Gasteiger partial charge in [-0.2, -0.15) is 5.10 Å². The van der Waals surface area contributed by atoms with Crippen molar-refractivity contribution in [2.75, 3.05) is 18.4 Å². The second-order valence-corrected chi connectivity index (χ2v) is 6.09. The molecule has 2 atom stereocenters. The summed E-state index contributed by atoms with van der Waals surface area (Å²) in [5, 5.41) is 16.2. The van der Waals surface area contributed by atoms with Crippen molar-refractivity contribution in [1.82, 2.24) is 19.5 Å². The number of likely N-dealkylation sites (tertiary alicyclic amines) is 1. The summed E-state index contributed by atoms with van der Waals surface area (Å²) in [6, 6.07) is 3.23. The number of carboxylic acids is 1. The molecule has 122 valence electrons. The van der Waals surface area contributed by atoms with Crippen LogP contribution in [0.15, 0.2) is 18.3 Å². The number of fused-ring (bicyclic) bond motifs is 1. The molecule has 0 bridgehead atoms. The van der Waals surface area contributed by atoms with Crippen LogP contribution in [0.2, 0.25) is 0 Å². The summed E-state index contributed by atoms with van der Waals surface area (Å²) in [5.41, 5.74) is 1.30. The smallest absolute Gasteiger partial charge is 0.321 e. The molecule has 2 amide bonds. The van der Waals surface area contributed by atoms with Crippen molar-refractivity contribution >= 4 is 23.3 Å². The van der Waals surface area contributed by atoms with Gasteiger partial charge in [0.1, 0.15) is 5.82 Å². The normalized spacial score (nSPS) is 21.4. The van der Waals surface area contributed by atoms with Crippen molar-refractivity contribution in [3.05, 3.63) is 24.2 Å². The minimum Gasteiger partial charge on any atom is -0.481 e. The molecular weight excluding hydrogens is 298 g/mol. The lowest BCUT2D eigenvalue weighted by molar-refractivity contribution is -0.143. The number of urea groups is 1. The number of carbonyl (C=O) groups is 2. The molecule has 2 N–H and O–H groups in total. The van der Waals surface area contributed by atoms with Gasteiger partial charge in [0.25, 0.3) is 0 Å². The van der Waals surface area contributed by atoms with Crippen LogP contribution in [-0.4, -0.2) is 49.7 Å². The lowest BCUT2D eigenvalue weighted by atomic mass is 9.91. The number of carboxylic acid groups (broad SMARTS) is 1. The summed E-state index contributed by atoms with van der Waals surface area (Å²) in [7, 11) is 0. The quantitative estimate of drug-likeness (QED) is 0.876. The first kappa shape index (κ1) is 15.3. The number of amides is 2. The Bertz CT molecular complexity index is 757. The average molecular weight is 317 g/mol. The molecule has 2 aromatic rings. The van der Waals surface area contributed by atoms with Gasteiger partial charge in [-0.05, 0) is 31.4 Å². The van der Waals surface area contributed by atoms with Gasteiger partial charge in [-0.1, -0.05) is 6.92 Å². The zero-order valence-electron chi connectivity index (χ0n) is 13.1. The second kappa shape index (κ2) is 5.86. The minimum atomic E-state index is -0.853. The lowest BCUT2D eigenvalue weighted by Gasteiger charge is -2.34. The predicted molar refractivity (Wildman–Crippen MR) is 83.2 cm³/mol. The molecule has 0 saturated carbocycles. The highest BCUT2D eigenvalue weighted by Gasteiger charge is 2.31. The topological polar surface area (TPSA) is 99.8 Å². The third-order valence-corrected chi connectivity index (χ3v) is 3.98. The highest BCUT2D eigenvalue weighted by Crippen LogP contribution is 2.22. The zero-order chi connectivity index (χ0) is 16.6. The van der Waals surface area contributed by atoms with E-state index < -0.39 is 11.9 Å². The standard InChI is InChI=1S/C15H19N5O3/c1-9-5-11(14(21)22)7-19(6-9)15(23)17-12-3-4-13-16-10(2)18-20(13)8-12/h3-4,8-9,11H,5-7H2,1-2H3,(H,17,23)(H,21,22). The van der Waals surface area contributed by atoms with Gasteiger partial charge in [0, 0.05) is 13.1 Å². The Morgan fingerprint density at radius 2 is 2.13 bits per heavy atom. The number of piperidine rings is 1. The number of nitrogens with one attached hydrogen (secondary N) is 1. The van der Waals surface area contributed by atoms with E-state index in [2.05, 4.69) is 15.4 Å². The van der Waals surface area contributed by atoms with Crippen LogP contribution in [0, 0.1) is 18.8 Å². The number of aryl methyl sites for hydroxylation is 1. The molecule has 0 spiro atoms. The van der Waals surface area contributed by atoms with E-state index in [4.69, 9.17) is 0 Å². The maximum atomic E-state index is 12.4. The number of nitrogens with zero attached hydrogens (tertiary/aromatic N) is 4. The first-order chi connectivity index (χ1) is 10.9. The second-order valence-electron chi connectivity index (χ2n) is 6.09. The van der Waals surface area contributed by atoms with Crippen molar-refractivity contribution in [1.29, 1.82) is 0 Å². The van der Waals surface area contributed by atoms with Gasteiger partial charge in [0.15, 0.2) is 5.65 Å². The number of aliphatic carboxylic acids is 1. The van der Waals surface area contributed by atoms with E-state index in [0.717, 1.165) is 0 Å². The number of carbonyl (C=O) groups excluding carboxylic acids is 1. The van der Waals surface area contributed by atoms with Crippen LogP contribution >= 0.6 is 0 Å². The van der Waals surface area contributed by atoms with E-state index in [0.29, 0.717) is 30.1 Å². The molecule has 2 aromatic heterocycles. The van der Waals surface area contributed by atoms with E-state index in [1.54, 1.807) is 34.7 Å². The Kier molecular flexibility index (Phi) is 3.89. The Morgan fingerprint density at radius 1 is 1.35 bits per heavy atom. The summed E-state index contributed by atoms with van der Waals surface area (Å²) in [4.78, 5) is 29.4. The molecule has 0 radical (unpaired) electrons. The fraction of sp³-hybridized carbons (Fsp3) is 0.467. The molecule has 1 aliphatic heterocycles. The fourth-order valence-corrected chi connectivity index (χ4v) is 2.97. The molecular formula is C15H19N5O3. The Hall–Kier alpha value is -2.64. The molecule has 2 unspecified atom stereocenters. The van der Waals surface area contributed by atoms with Gasteiger partial charge < -0.3 is 15.3 Å². The monoisotopic (exact) mass is 317 g/mol. The summed E-state index contributed by atoms with van der Waals surface area (Å²) >= 11 is 0. The van der Waals surface area contributed by atoms with Crippen molar-refractivity contribution in [2.24, 2.45) is 11.8 Å². The molecule has 23 heavy (non-hydrogen) atoms. The molecule has 1 fully saturated rings. The van der Waals surface area contributed by atoms with E-state index in [9.17, 15) is 14.7 Å². The van der Waals surface area contributed by atoms with Gasteiger partial charge in [-0.15, -0.1) is 0 Å². The van der Waals surface area contributed by atoms with Crippen molar-refractivity contribution in [3.8, 4) is 0 Å². The van der Waals surface area contributed by atoms with Gasteiger partial charge in [0.2, 0.25) is 0 Å². The van der Waals surface area contributed by atoms with Crippen molar-refractivity contribution in [2.45, 2.75) is 20.3 Å². The Balaban J connectivity index is 1.72. The van der Waals surface area contributed by atoms with Gasteiger partial charge >= 0.3 is 12.0 Å². The first-order valence-electron chi connectivity index (χ1n) is 7.54. The van der Waals surface area contributed by atoms with Gasteiger partial charge in [0.05, 0.1) is 17.8 Å². The van der Waals surface area contributed by atoms with Crippen LogP contribution in [0.25, 0.3) is 5.65 Å². The summed E-state index contributed by atoms with van der Waals surface area (Å²) < 4.78 is 1.60. The van der Waals surface area contributed by atoms with Crippen LogP contribution in [0.1, 0.15) is 19.2 Å². The Morgan fingerprint density at radius 3 is 2.87 bits per heavy atom. The molecule has 8 heteroatoms. The zero-order valence-corrected chi connectivity index (χ0v) is 13.1. The maximum absolute atomic E-state index is 12.4. The summed E-state index contributed by atoms with van der Waals surface area (Å²) in [6.45, 7) is 4.54. The van der Waals surface area contributed by atoms with Crippen molar-refractivity contribution in [3.63, 3.8) is 0 Å².